The van der Waals surface area contributed by atoms with Gasteiger partial charge in [0.25, 0.3) is 0 Å². The molecular weight excluding hydrogens is 200 g/mol. The molecule has 1 atom stereocenters. The number of pyridine rings is 1. The highest BCUT2D eigenvalue weighted by Crippen LogP contribution is 2.16. The normalized spacial score (nSPS) is 13.2. The van der Waals surface area contributed by atoms with E-state index in [9.17, 15) is 0 Å². The van der Waals surface area contributed by atoms with Crippen molar-refractivity contribution in [3.8, 4) is 0 Å². The summed E-state index contributed by atoms with van der Waals surface area (Å²) in [6, 6.07) is 4.52. The molecule has 0 aliphatic heterocycles. The lowest BCUT2D eigenvalue weighted by Gasteiger charge is -2.28. The molecule has 16 heavy (non-hydrogen) atoms. The van der Waals surface area contributed by atoms with Gasteiger partial charge in [0.1, 0.15) is 5.82 Å². The minimum atomic E-state index is 0.533. The predicted molar refractivity (Wildman–Crippen MR) is 67.8 cm³/mol. The van der Waals surface area contributed by atoms with Crippen molar-refractivity contribution in [1.29, 1.82) is 0 Å². The van der Waals surface area contributed by atoms with E-state index in [1.807, 2.05) is 12.1 Å². The number of hydrogen-bond acceptors (Lipinski definition) is 4. The van der Waals surface area contributed by atoms with Gasteiger partial charge in [-0.1, -0.05) is 19.9 Å². The van der Waals surface area contributed by atoms with E-state index >= 15 is 0 Å². The van der Waals surface area contributed by atoms with Crippen molar-refractivity contribution >= 4 is 5.82 Å². The molecule has 0 saturated carbocycles. The Morgan fingerprint density at radius 1 is 1.44 bits per heavy atom. The van der Waals surface area contributed by atoms with Crippen molar-refractivity contribution in [1.82, 2.24) is 9.88 Å². The molecule has 0 saturated heterocycles. The van der Waals surface area contributed by atoms with Crippen LogP contribution in [0.5, 0.6) is 0 Å². The first-order chi connectivity index (χ1) is 7.56. The van der Waals surface area contributed by atoms with Crippen LogP contribution < -0.4 is 11.3 Å². The van der Waals surface area contributed by atoms with Crippen LogP contribution in [0.2, 0.25) is 0 Å². The first-order valence-electron chi connectivity index (χ1n) is 5.67. The highest BCUT2D eigenvalue weighted by molar-refractivity contribution is 5.42. The summed E-state index contributed by atoms with van der Waals surface area (Å²) in [6.07, 6.45) is 1.74. The van der Waals surface area contributed by atoms with Crippen LogP contribution in [0.3, 0.4) is 0 Å². The van der Waals surface area contributed by atoms with Crippen LogP contribution in [0.4, 0.5) is 5.82 Å². The zero-order chi connectivity index (χ0) is 12.1. The molecule has 90 valence electrons. The van der Waals surface area contributed by atoms with Crippen LogP contribution in [-0.4, -0.2) is 23.0 Å². The fourth-order valence-corrected chi connectivity index (χ4v) is 1.62. The Labute approximate surface area is 97.8 Å². The standard InChI is InChI=1S/C12H22N4/c1-9(2)10(3)16(4)8-11-6-5-7-14-12(11)15-13/h5-7,9-10H,8,13H2,1-4H3,(H,14,15). The largest absolute Gasteiger partial charge is 0.308 e. The third-order valence-electron chi connectivity index (χ3n) is 3.11. The van der Waals surface area contributed by atoms with E-state index in [4.69, 9.17) is 5.84 Å². The Hall–Kier alpha value is -1.13. The van der Waals surface area contributed by atoms with E-state index in [0.29, 0.717) is 12.0 Å². The van der Waals surface area contributed by atoms with Gasteiger partial charge in [0.2, 0.25) is 0 Å². The highest BCUT2D eigenvalue weighted by atomic mass is 15.3. The van der Waals surface area contributed by atoms with Gasteiger partial charge in [0, 0.05) is 24.3 Å². The topological polar surface area (TPSA) is 54.2 Å². The van der Waals surface area contributed by atoms with Crippen molar-refractivity contribution in [2.75, 3.05) is 12.5 Å². The maximum atomic E-state index is 5.43. The molecule has 0 amide bonds. The lowest BCUT2D eigenvalue weighted by molar-refractivity contribution is 0.200. The molecule has 1 aromatic heterocycles. The number of nitrogens with two attached hydrogens (primary N) is 1. The minimum Gasteiger partial charge on any atom is -0.308 e. The molecule has 0 bridgehead atoms. The number of rotatable bonds is 5. The van der Waals surface area contributed by atoms with Gasteiger partial charge < -0.3 is 5.43 Å². The third kappa shape index (κ3) is 3.18. The maximum absolute atomic E-state index is 5.43. The number of nitrogens with zero attached hydrogens (tertiary/aromatic N) is 2. The predicted octanol–water partition coefficient (Wildman–Crippen LogP) is 1.84. The van der Waals surface area contributed by atoms with Crippen LogP contribution >= 0.6 is 0 Å². The van der Waals surface area contributed by atoms with E-state index in [-0.39, 0.29) is 0 Å². The van der Waals surface area contributed by atoms with Gasteiger partial charge >= 0.3 is 0 Å². The van der Waals surface area contributed by atoms with Crippen LogP contribution in [0, 0.1) is 5.92 Å². The molecule has 0 radical (unpaired) electrons. The van der Waals surface area contributed by atoms with Crippen molar-refractivity contribution < 1.29 is 0 Å². The van der Waals surface area contributed by atoms with Crippen molar-refractivity contribution in [2.24, 2.45) is 11.8 Å². The minimum absolute atomic E-state index is 0.533. The summed E-state index contributed by atoms with van der Waals surface area (Å²) in [5.74, 6) is 6.82. The Kier molecular flexibility index (Phi) is 4.71. The second-order valence-corrected chi connectivity index (χ2v) is 4.56. The smallest absolute Gasteiger partial charge is 0.144 e. The average Bonchev–Trinajstić information content (AvgIpc) is 2.28. The summed E-state index contributed by atoms with van der Waals surface area (Å²) in [5.41, 5.74) is 3.76. The second-order valence-electron chi connectivity index (χ2n) is 4.56. The fourth-order valence-electron chi connectivity index (χ4n) is 1.62. The highest BCUT2D eigenvalue weighted by Gasteiger charge is 2.14. The Bertz CT molecular complexity index is 325. The zero-order valence-electron chi connectivity index (χ0n) is 10.6. The Morgan fingerprint density at radius 3 is 2.69 bits per heavy atom. The number of aromatic nitrogens is 1. The molecule has 0 aliphatic carbocycles. The van der Waals surface area contributed by atoms with Gasteiger partial charge in [0.15, 0.2) is 0 Å². The number of hydrazine groups is 1. The van der Waals surface area contributed by atoms with Crippen LogP contribution in [0.25, 0.3) is 0 Å². The summed E-state index contributed by atoms with van der Waals surface area (Å²) in [7, 11) is 2.12. The average molecular weight is 222 g/mol. The van der Waals surface area contributed by atoms with Gasteiger partial charge in [-0.15, -0.1) is 0 Å². The summed E-state index contributed by atoms with van der Waals surface area (Å²) in [6.45, 7) is 7.54. The van der Waals surface area contributed by atoms with Gasteiger partial charge in [-0.3, -0.25) is 4.90 Å². The summed E-state index contributed by atoms with van der Waals surface area (Å²) in [5, 5.41) is 0. The SMILES string of the molecule is CC(C)C(C)N(C)Cc1cccnc1NN. The molecular formula is C12H22N4. The molecule has 1 unspecified atom stereocenters. The molecule has 4 heteroatoms. The van der Waals surface area contributed by atoms with Crippen molar-refractivity contribution in [3.63, 3.8) is 0 Å². The number of nitrogens with one attached hydrogen (secondary N) is 1. The molecule has 0 spiro atoms. The molecule has 1 heterocycles. The number of nitrogen functional groups attached to an aromatic ring is 1. The van der Waals surface area contributed by atoms with Gasteiger partial charge in [0.05, 0.1) is 0 Å². The lowest BCUT2D eigenvalue weighted by Crippen LogP contribution is -2.33. The second kappa shape index (κ2) is 5.82. The third-order valence-corrected chi connectivity index (χ3v) is 3.11. The van der Waals surface area contributed by atoms with Gasteiger partial charge in [-0.2, -0.15) is 0 Å². The maximum Gasteiger partial charge on any atom is 0.144 e. The molecule has 0 aromatic carbocycles. The number of hydrogen-bond donors (Lipinski definition) is 2. The van der Waals surface area contributed by atoms with E-state index in [1.165, 1.54) is 0 Å². The van der Waals surface area contributed by atoms with Gasteiger partial charge in [-0.25, -0.2) is 10.8 Å². The molecule has 3 N–H and O–H groups in total. The molecule has 0 aliphatic rings. The van der Waals surface area contributed by atoms with Crippen LogP contribution in [0.15, 0.2) is 18.3 Å². The van der Waals surface area contributed by atoms with Crippen LogP contribution in [0.1, 0.15) is 26.3 Å². The summed E-state index contributed by atoms with van der Waals surface area (Å²) >= 11 is 0. The van der Waals surface area contributed by atoms with Crippen molar-refractivity contribution in [3.05, 3.63) is 23.9 Å². The molecule has 1 rings (SSSR count). The van der Waals surface area contributed by atoms with E-state index in [1.54, 1.807) is 6.20 Å². The first kappa shape index (κ1) is 12.9. The first-order valence-corrected chi connectivity index (χ1v) is 5.67. The summed E-state index contributed by atoms with van der Waals surface area (Å²) in [4.78, 5) is 6.50. The van der Waals surface area contributed by atoms with Crippen molar-refractivity contribution in [2.45, 2.75) is 33.4 Å². The number of anilines is 1. The fraction of sp³-hybridized carbons (Fsp3) is 0.583. The van der Waals surface area contributed by atoms with E-state index < -0.39 is 0 Å². The summed E-state index contributed by atoms with van der Waals surface area (Å²) < 4.78 is 0. The van der Waals surface area contributed by atoms with E-state index in [2.05, 4.69) is 43.1 Å². The van der Waals surface area contributed by atoms with Crippen LogP contribution in [-0.2, 0) is 6.54 Å². The quantitative estimate of drug-likeness (QED) is 0.589. The van der Waals surface area contributed by atoms with Gasteiger partial charge in [-0.05, 0) is 26.0 Å². The molecule has 4 nitrogen and oxygen atoms in total. The molecule has 0 fully saturated rings. The lowest BCUT2D eigenvalue weighted by atomic mass is 10.0. The molecule has 1 aromatic rings. The Morgan fingerprint density at radius 2 is 2.12 bits per heavy atom. The zero-order valence-corrected chi connectivity index (χ0v) is 10.6. The Balaban J connectivity index is 2.72. The monoisotopic (exact) mass is 222 g/mol. The van der Waals surface area contributed by atoms with E-state index in [0.717, 1.165) is 17.9 Å².